The highest BCUT2D eigenvalue weighted by Gasteiger charge is 2.14. The zero-order chi connectivity index (χ0) is 18.0. The van der Waals surface area contributed by atoms with E-state index in [4.69, 9.17) is 0 Å². The van der Waals surface area contributed by atoms with Crippen LogP contribution in [0, 0.1) is 12.7 Å². The quantitative estimate of drug-likeness (QED) is 0.719. The van der Waals surface area contributed by atoms with E-state index in [1.807, 2.05) is 19.1 Å². The number of hydrogen-bond donors (Lipinski definition) is 2. The number of aromatic hydroxyl groups is 1. The lowest BCUT2D eigenvalue weighted by atomic mass is 10.2. The van der Waals surface area contributed by atoms with E-state index >= 15 is 0 Å². The van der Waals surface area contributed by atoms with E-state index in [1.165, 1.54) is 18.3 Å². The van der Waals surface area contributed by atoms with Crippen molar-refractivity contribution in [2.24, 2.45) is 4.99 Å². The van der Waals surface area contributed by atoms with Gasteiger partial charge in [-0.2, -0.15) is 0 Å². The highest BCUT2D eigenvalue weighted by atomic mass is 19.1. The van der Waals surface area contributed by atoms with Crippen molar-refractivity contribution in [2.75, 3.05) is 0 Å². The molecular formula is C18H14FN3O3. The van der Waals surface area contributed by atoms with E-state index in [1.54, 1.807) is 12.1 Å². The molecule has 0 aliphatic carbocycles. The number of aryl methyl sites for hydroxylation is 1. The first kappa shape index (κ1) is 16.4. The fourth-order valence-corrected chi connectivity index (χ4v) is 2.33. The van der Waals surface area contributed by atoms with Crippen molar-refractivity contribution in [3.05, 3.63) is 86.3 Å². The number of halogens is 1. The summed E-state index contributed by atoms with van der Waals surface area (Å²) in [5, 5.41) is 10.4. The maximum atomic E-state index is 13.1. The number of H-pyrrole nitrogens is 1. The van der Waals surface area contributed by atoms with Crippen LogP contribution >= 0.6 is 0 Å². The molecule has 2 N–H and O–H groups in total. The van der Waals surface area contributed by atoms with E-state index in [-0.39, 0.29) is 11.3 Å². The minimum absolute atomic E-state index is 0.176. The van der Waals surface area contributed by atoms with Crippen LogP contribution in [0.15, 0.2) is 63.1 Å². The molecule has 1 heterocycles. The molecule has 0 spiro atoms. The molecular weight excluding hydrogens is 325 g/mol. The minimum atomic E-state index is -0.832. The average Bonchev–Trinajstić information content (AvgIpc) is 2.56. The number of benzene rings is 2. The van der Waals surface area contributed by atoms with E-state index in [0.717, 1.165) is 22.3 Å². The van der Waals surface area contributed by atoms with E-state index in [2.05, 4.69) is 9.98 Å². The van der Waals surface area contributed by atoms with Crippen LogP contribution in [-0.4, -0.2) is 20.9 Å². The van der Waals surface area contributed by atoms with Crippen LogP contribution in [0.1, 0.15) is 11.1 Å². The summed E-state index contributed by atoms with van der Waals surface area (Å²) in [5.41, 5.74) is 0.0252. The number of aliphatic imine (C=N–C) groups is 1. The molecule has 3 aromatic rings. The third-order valence-electron chi connectivity index (χ3n) is 3.55. The van der Waals surface area contributed by atoms with E-state index in [0.29, 0.717) is 5.69 Å². The Morgan fingerprint density at radius 2 is 1.88 bits per heavy atom. The van der Waals surface area contributed by atoms with Crippen molar-refractivity contribution in [1.29, 1.82) is 0 Å². The summed E-state index contributed by atoms with van der Waals surface area (Å²) in [6, 6.07) is 12.2. The summed E-state index contributed by atoms with van der Waals surface area (Å²) in [7, 11) is 0. The summed E-state index contributed by atoms with van der Waals surface area (Å²) in [6.45, 7) is 1.90. The summed E-state index contributed by atoms with van der Waals surface area (Å²) >= 11 is 0. The van der Waals surface area contributed by atoms with Gasteiger partial charge in [-0.15, -0.1) is 0 Å². The Morgan fingerprint density at radius 3 is 2.56 bits per heavy atom. The van der Waals surface area contributed by atoms with E-state index in [9.17, 15) is 19.1 Å². The van der Waals surface area contributed by atoms with Gasteiger partial charge in [-0.05, 0) is 48.9 Å². The van der Waals surface area contributed by atoms with Gasteiger partial charge in [0.1, 0.15) is 11.4 Å². The molecule has 0 aliphatic rings. The molecule has 0 amide bonds. The lowest BCUT2D eigenvalue weighted by molar-refractivity contribution is 0.430. The third kappa shape index (κ3) is 3.40. The number of aromatic nitrogens is 2. The molecule has 0 fully saturated rings. The lowest BCUT2D eigenvalue weighted by Gasteiger charge is -2.09. The minimum Gasteiger partial charge on any atom is -0.493 e. The first-order valence-electron chi connectivity index (χ1n) is 7.40. The Morgan fingerprint density at radius 1 is 1.16 bits per heavy atom. The maximum absolute atomic E-state index is 13.1. The Labute approximate surface area is 141 Å². The lowest BCUT2D eigenvalue weighted by Crippen LogP contribution is -2.31. The number of nitrogens with zero attached hydrogens (tertiary/aromatic N) is 2. The highest BCUT2D eigenvalue weighted by Crippen LogP contribution is 2.17. The van der Waals surface area contributed by atoms with Crippen molar-refractivity contribution < 1.29 is 9.50 Å². The molecule has 1 aromatic heterocycles. The van der Waals surface area contributed by atoms with Gasteiger partial charge in [0.15, 0.2) is 0 Å². The van der Waals surface area contributed by atoms with Gasteiger partial charge in [0.2, 0.25) is 5.88 Å². The Hall–Kier alpha value is -3.48. The molecule has 0 atom stereocenters. The van der Waals surface area contributed by atoms with Gasteiger partial charge >= 0.3 is 5.69 Å². The highest BCUT2D eigenvalue weighted by molar-refractivity contribution is 5.84. The van der Waals surface area contributed by atoms with Crippen LogP contribution in [0.25, 0.3) is 5.69 Å². The topological polar surface area (TPSA) is 87.4 Å². The summed E-state index contributed by atoms with van der Waals surface area (Å²) < 4.78 is 13.9. The molecule has 0 saturated carbocycles. The second kappa shape index (κ2) is 6.56. The van der Waals surface area contributed by atoms with Crippen LogP contribution in [0.4, 0.5) is 10.1 Å². The van der Waals surface area contributed by atoms with Crippen molar-refractivity contribution in [3.8, 4) is 11.6 Å². The standard InChI is InChI=1S/C18H14FN3O3/c1-11-3-2-4-13(9-11)20-10-15-16(23)21-18(25)22(17(15)24)14-7-5-12(19)6-8-14/h2-10,24H,1H3,(H,21,23,25). The SMILES string of the molecule is Cc1cccc(N=Cc2c(O)n(-c3ccc(F)cc3)c(=O)[nH]c2=O)c1. The van der Waals surface area contributed by atoms with Crippen LogP contribution in [0.3, 0.4) is 0 Å². The van der Waals surface area contributed by atoms with Gasteiger partial charge in [0, 0.05) is 6.21 Å². The molecule has 0 radical (unpaired) electrons. The van der Waals surface area contributed by atoms with Crippen LogP contribution in [0.5, 0.6) is 5.88 Å². The summed E-state index contributed by atoms with van der Waals surface area (Å²) in [5.74, 6) is -1.06. The molecule has 0 unspecified atom stereocenters. The van der Waals surface area contributed by atoms with Gasteiger partial charge in [-0.25, -0.2) is 13.8 Å². The Balaban J connectivity index is 2.12. The zero-order valence-corrected chi connectivity index (χ0v) is 13.2. The third-order valence-corrected chi connectivity index (χ3v) is 3.55. The molecule has 25 heavy (non-hydrogen) atoms. The maximum Gasteiger partial charge on any atom is 0.335 e. The van der Waals surface area contributed by atoms with Crippen molar-refractivity contribution in [2.45, 2.75) is 6.92 Å². The second-order valence-corrected chi connectivity index (χ2v) is 5.41. The van der Waals surface area contributed by atoms with Gasteiger partial charge < -0.3 is 5.11 Å². The van der Waals surface area contributed by atoms with Crippen molar-refractivity contribution in [3.63, 3.8) is 0 Å². The molecule has 2 aromatic carbocycles. The van der Waals surface area contributed by atoms with Gasteiger partial charge in [-0.1, -0.05) is 12.1 Å². The van der Waals surface area contributed by atoms with Gasteiger partial charge in [0.05, 0.1) is 11.4 Å². The molecule has 6 nitrogen and oxygen atoms in total. The molecule has 0 aliphatic heterocycles. The number of rotatable bonds is 3. The predicted molar refractivity (Wildman–Crippen MR) is 92.7 cm³/mol. The second-order valence-electron chi connectivity index (χ2n) is 5.41. The number of nitrogens with one attached hydrogen (secondary N) is 1. The number of hydrogen-bond acceptors (Lipinski definition) is 4. The van der Waals surface area contributed by atoms with Crippen LogP contribution < -0.4 is 11.2 Å². The summed E-state index contributed by atoms with van der Waals surface area (Å²) in [4.78, 5) is 30.3. The molecule has 0 bridgehead atoms. The number of aromatic amines is 1. The van der Waals surface area contributed by atoms with Gasteiger partial charge in [0.25, 0.3) is 5.56 Å². The smallest absolute Gasteiger partial charge is 0.335 e. The fraction of sp³-hybridized carbons (Fsp3) is 0.0556. The summed E-state index contributed by atoms with van der Waals surface area (Å²) in [6.07, 6.45) is 1.18. The first-order chi connectivity index (χ1) is 12.0. The Bertz CT molecular complexity index is 1070. The largest absolute Gasteiger partial charge is 0.493 e. The first-order valence-corrected chi connectivity index (χ1v) is 7.40. The van der Waals surface area contributed by atoms with Crippen molar-refractivity contribution >= 4 is 11.9 Å². The zero-order valence-electron chi connectivity index (χ0n) is 13.2. The molecule has 0 saturated heterocycles. The normalized spacial score (nSPS) is 11.1. The van der Waals surface area contributed by atoms with Gasteiger partial charge in [-0.3, -0.25) is 14.8 Å². The average molecular weight is 339 g/mol. The van der Waals surface area contributed by atoms with Crippen molar-refractivity contribution in [1.82, 2.24) is 9.55 Å². The fourth-order valence-electron chi connectivity index (χ4n) is 2.33. The monoisotopic (exact) mass is 339 g/mol. The van der Waals surface area contributed by atoms with E-state index < -0.39 is 22.9 Å². The predicted octanol–water partition coefficient (Wildman–Crippen LogP) is 2.43. The molecule has 3 rings (SSSR count). The molecule has 7 heteroatoms. The Kier molecular flexibility index (Phi) is 4.30. The van der Waals surface area contributed by atoms with Crippen LogP contribution in [0.2, 0.25) is 0 Å². The van der Waals surface area contributed by atoms with Crippen LogP contribution in [-0.2, 0) is 0 Å². The molecule has 126 valence electrons.